The molecule has 2 aliphatic rings. The van der Waals surface area contributed by atoms with Gasteiger partial charge in [0, 0.05) is 37.0 Å². The summed E-state index contributed by atoms with van der Waals surface area (Å²) in [5.41, 5.74) is 8.42. The number of thiocarbonyl (C=S) groups is 1. The van der Waals surface area contributed by atoms with E-state index in [0.717, 1.165) is 27.8 Å². The molecule has 29 heavy (non-hydrogen) atoms. The normalized spacial score (nSPS) is 19.6. The van der Waals surface area contributed by atoms with Crippen molar-refractivity contribution in [3.05, 3.63) is 40.3 Å². The van der Waals surface area contributed by atoms with Gasteiger partial charge >= 0.3 is 0 Å². The van der Waals surface area contributed by atoms with Crippen molar-refractivity contribution in [2.45, 2.75) is 19.8 Å². The van der Waals surface area contributed by atoms with Crippen molar-refractivity contribution in [2.24, 2.45) is 11.7 Å². The summed E-state index contributed by atoms with van der Waals surface area (Å²) in [6, 6.07) is 8.22. The van der Waals surface area contributed by atoms with Crippen molar-refractivity contribution in [1.29, 1.82) is 0 Å². The maximum atomic E-state index is 12.5. The van der Waals surface area contributed by atoms with Crippen LogP contribution in [-0.2, 0) is 9.59 Å². The summed E-state index contributed by atoms with van der Waals surface area (Å²) < 4.78 is 0.551. The van der Waals surface area contributed by atoms with E-state index in [-0.39, 0.29) is 17.7 Å². The number of primary amides is 1. The molecule has 2 aromatic rings. The second-order valence-electron chi connectivity index (χ2n) is 7.50. The van der Waals surface area contributed by atoms with E-state index in [1.165, 1.54) is 16.7 Å². The smallest absolute Gasteiger partial charge is 0.265 e. The number of nitrogens with two attached hydrogens (primary N) is 1. The number of nitrogens with zero attached hydrogens (tertiary/aromatic N) is 3. The molecule has 2 aliphatic heterocycles. The number of carbonyl (C=O) groups is 2. The lowest BCUT2D eigenvalue weighted by Gasteiger charge is -2.32. The highest BCUT2D eigenvalue weighted by molar-refractivity contribution is 8.26. The van der Waals surface area contributed by atoms with E-state index in [4.69, 9.17) is 22.9 Å². The fourth-order valence-electron chi connectivity index (χ4n) is 3.72. The van der Waals surface area contributed by atoms with E-state index in [9.17, 15) is 9.59 Å². The molecule has 0 atom stereocenters. The van der Waals surface area contributed by atoms with E-state index in [1.807, 2.05) is 25.1 Å². The molecule has 8 heteroatoms. The lowest BCUT2D eigenvalue weighted by molar-refractivity contribution is -0.122. The zero-order chi connectivity index (χ0) is 20.7. The highest BCUT2D eigenvalue weighted by Crippen LogP contribution is 2.35. The number of amides is 2. The van der Waals surface area contributed by atoms with Gasteiger partial charge in [0.25, 0.3) is 5.91 Å². The molecule has 0 aliphatic carbocycles. The number of pyridine rings is 1. The minimum absolute atomic E-state index is 0.0888. The van der Waals surface area contributed by atoms with Crippen molar-refractivity contribution < 1.29 is 9.59 Å². The third-order valence-electron chi connectivity index (χ3n) is 5.45. The van der Waals surface area contributed by atoms with Crippen LogP contribution >= 0.6 is 24.0 Å². The minimum atomic E-state index is -0.238. The average Bonchev–Trinajstić information content (AvgIpc) is 2.94. The van der Waals surface area contributed by atoms with Crippen molar-refractivity contribution >= 4 is 62.9 Å². The molecular formula is C21H22N4O2S2. The Morgan fingerprint density at radius 1 is 1.31 bits per heavy atom. The molecule has 2 N–H and O–H groups in total. The molecule has 1 aromatic carbocycles. The fourth-order valence-corrected chi connectivity index (χ4v) is 4.89. The summed E-state index contributed by atoms with van der Waals surface area (Å²) in [6.45, 7) is 3.45. The number of carbonyl (C=O) groups excluding carboxylic acids is 2. The van der Waals surface area contributed by atoms with Crippen molar-refractivity contribution in [3.8, 4) is 0 Å². The number of fused-ring (bicyclic) bond motifs is 1. The summed E-state index contributed by atoms with van der Waals surface area (Å²) in [5, 5.41) is 1.03. The Morgan fingerprint density at radius 3 is 2.66 bits per heavy atom. The Hall–Kier alpha value is -2.45. The number of aromatic nitrogens is 1. The van der Waals surface area contributed by atoms with Crippen molar-refractivity contribution in [3.63, 3.8) is 0 Å². The quantitative estimate of drug-likeness (QED) is 0.600. The van der Waals surface area contributed by atoms with Crippen LogP contribution in [0.25, 0.3) is 17.0 Å². The molecule has 0 spiro atoms. The van der Waals surface area contributed by atoms with E-state index in [1.54, 1.807) is 7.05 Å². The van der Waals surface area contributed by atoms with Gasteiger partial charge in [-0.2, -0.15) is 0 Å². The highest BCUT2D eigenvalue weighted by Gasteiger charge is 2.30. The zero-order valence-electron chi connectivity index (χ0n) is 16.3. The number of anilines is 1. The third kappa shape index (κ3) is 3.86. The number of likely N-dealkylation sites (N-methyl/N-ethyl adjacent to an activating group) is 1. The third-order valence-corrected chi connectivity index (χ3v) is 6.93. The number of benzene rings is 1. The molecule has 2 amide bonds. The summed E-state index contributed by atoms with van der Waals surface area (Å²) in [7, 11) is 1.69. The number of hydrogen-bond acceptors (Lipinski definition) is 6. The summed E-state index contributed by atoms with van der Waals surface area (Å²) in [4.78, 5) is 33.2. The molecule has 0 radical (unpaired) electrons. The first-order chi connectivity index (χ1) is 13.8. The predicted molar refractivity (Wildman–Crippen MR) is 122 cm³/mol. The molecule has 0 saturated carbocycles. The topological polar surface area (TPSA) is 79.5 Å². The second kappa shape index (κ2) is 7.76. The van der Waals surface area contributed by atoms with Gasteiger partial charge in [-0.3, -0.25) is 14.5 Å². The SMILES string of the molecule is Cc1ccc2nc(N3CCC(C(N)=O)CC3)c(/C=C3\SC(=S)N(C)C3=O)cc2c1. The molecule has 2 saturated heterocycles. The van der Waals surface area contributed by atoms with Gasteiger partial charge in [-0.15, -0.1) is 0 Å². The molecule has 150 valence electrons. The maximum Gasteiger partial charge on any atom is 0.265 e. The molecule has 0 unspecified atom stereocenters. The van der Waals surface area contributed by atoms with Gasteiger partial charge in [0.05, 0.1) is 10.4 Å². The van der Waals surface area contributed by atoms with Gasteiger partial charge in [-0.05, 0) is 44.0 Å². The summed E-state index contributed by atoms with van der Waals surface area (Å²) >= 11 is 6.57. The van der Waals surface area contributed by atoms with E-state index >= 15 is 0 Å². The van der Waals surface area contributed by atoms with E-state index in [2.05, 4.69) is 17.0 Å². The van der Waals surface area contributed by atoms with Crippen LogP contribution in [0.5, 0.6) is 0 Å². The van der Waals surface area contributed by atoms with E-state index < -0.39 is 0 Å². The maximum absolute atomic E-state index is 12.5. The molecule has 2 fully saturated rings. The average molecular weight is 427 g/mol. The van der Waals surface area contributed by atoms with Gasteiger partial charge in [0.1, 0.15) is 10.1 Å². The molecule has 1 aromatic heterocycles. The van der Waals surface area contributed by atoms with Crippen LogP contribution in [0, 0.1) is 12.8 Å². The van der Waals surface area contributed by atoms with E-state index in [0.29, 0.717) is 35.2 Å². The number of rotatable bonds is 3. The monoisotopic (exact) mass is 426 g/mol. The molecule has 4 rings (SSSR count). The van der Waals surface area contributed by atoms with Gasteiger partial charge in [0.15, 0.2) is 0 Å². The fraction of sp³-hybridized carbons (Fsp3) is 0.333. The van der Waals surface area contributed by atoms with Crippen LogP contribution < -0.4 is 10.6 Å². The predicted octanol–water partition coefficient (Wildman–Crippen LogP) is 3.08. The van der Waals surface area contributed by atoms with Crippen LogP contribution in [-0.4, -0.2) is 46.2 Å². The molecule has 6 nitrogen and oxygen atoms in total. The van der Waals surface area contributed by atoms with Crippen LogP contribution in [0.4, 0.5) is 5.82 Å². The highest BCUT2D eigenvalue weighted by atomic mass is 32.2. The van der Waals surface area contributed by atoms with Gasteiger partial charge < -0.3 is 10.6 Å². The number of piperidine rings is 1. The Kier molecular flexibility index (Phi) is 5.31. The largest absolute Gasteiger partial charge is 0.369 e. The minimum Gasteiger partial charge on any atom is -0.369 e. The van der Waals surface area contributed by atoms with Gasteiger partial charge in [-0.25, -0.2) is 4.98 Å². The lowest BCUT2D eigenvalue weighted by atomic mass is 9.96. The Bertz CT molecular complexity index is 1060. The van der Waals surface area contributed by atoms with Crippen LogP contribution in [0.1, 0.15) is 24.0 Å². The summed E-state index contributed by atoms with van der Waals surface area (Å²) in [6.07, 6.45) is 3.30. The molecule has 3 heterocycles. The first-order valence-corrected chi connectivity index (χ1v) is 10.7. The van der Waals surface area contributed by atoms with Gasteiger partial charge in [0.2, 0.25) is 5.91 Å². The lowest BCUT2D eigenvalue weighted by Crippen LogP contribution is -2.39. The standard InChI is InChI=1S/C21H22N4O2S2/c1-12-3-4-16-14(9-12)10-15(11-17-20(27)24(2)21(28)29-17)19(23-16)25-7-5-13(6-8-25)18(22)26/h3-4,9-11,13H,5-8H2,1-2H3,(H2,22,26)/b17-11-. The van der Waals surface area contributed by atoms with Crippen molar-refractivity contribution in [2.75, 3.05) is 25.0 Å². The first kappa shape index (κ1) is 19.8. The zero-order valence-corrected chi connectivity index (χ0v) is 18.0. The van der Waals surface area contributed by atoms with Gasteiger partial charge in [-0.1, -0.05) is 35.6 Å². The number of thioether (sulfide) groups is 1. The van der Waals surface area contributed by atoms with Crippen LogP contribution in [0.3, 0.4) is 0 Å². The number of aryl methyl sites for hydroxylation is 1. The Morgan fingerprint density at radius 2 is 2.03 bits per heavy atom. The Balaban J connectivity index is 1.77. The van der Waals surface area contributed by atoms with Crippen LogP contribution in [0.2, 0.25) is 0 Å². The van der Waals surface area contributed by atoms with Crippen molar-refractivity contribution in [1.82, 2.24) is 9.88 Å². The second-order valence-corrected chi connectivity index (χ2v) is 9.18. The summed E-state index contributed by atoms with van der Waals surface area (Å²) in [5.74, 6) is 0.404. The molecule has 0 bridgehead atoms. The Labute approximate surface area is 179 Å². The first-order valence-electron chi connectivity index (χ1n) is 9.50. The molecular weight excluding hydrogens is 404 g/mol. The number of hydrogen-bond donors (Lipinski definition) is 1. The van der Waals surface area contributed by atoms with Crippen LogP contribution in [0.15, 0.2) is 29.2 Å².